The number of para-hydroxylation sites is 1. The second kappa shape index (κ2) is 9.69. The van der Waals surface area contributed by atoms with Crippen LogP contribution >= 0.6 is 0 Å². The average Bonchev–Trinajstić information content (AvgIpc) is 2.71. The van der Waals surface area contributed by atoms with E-state index in [1.165, 1.54) is 19.2 Å². The molecule has 2 rings (SSSR count). The maximum absolute atomic E-state index is 12.3. The summed E-state index contributed by atoms with van der Waals surface area (Å²) in [5.74, 6) is 1.70. The second-order valence-corrected chi connectivity index (χ2v) is 7.72. The number of sulfonamides is 1. The number of anilines is 1. The molecule has 0 spiro atoms. The van der Waals surface area contributed by atoms with Crippen molar-refractivity contribution in [1.82, 2.24) is 10.0 Å². The summed E-state index contributed by atoms with van der Waals surface area (Å²) in [4.78, 5) is 24.5. The first-order valence-electron chi connectivity index (χ1n) is 8.50. The van der Waals surface area contributed by atoms with Gasteiger partial charge >= 0.3 is 0 Å². The van der Waals surface area contributed by atoms with Crippen LogP contribution in [0.4, 0.5) is 5.69 Å². The maximum Gasteiger partial charge on any atom is 0.254 e. The molecule has 7 nitrogen and oxygen atoms in total. The molecule has 2 aromatic carbocycles. The lowest BCUT2D eigenvalue weighted by atomic mass is 10.1. The highest BCUT2D eigenvalue weighted by molar-refractivity contribution is 7.89. The zero-order valence-corrected chi connectivity index (χ0v) is 16.2. The molecule has 0 aromatic heterocycles. The van der Waals surface area contributed by atoms with Gasteiger partial charge in [0.25, 0.3) is 5.91 Å². The molecule has 2 amide bonds. The van der Waals surface area contributed by atoms with E-state index in [0.717, 1.165) is 5.56 Å². The summed E-state index contributed by atoms with van der Waals surface area (Å²) in [6.07, 6.45) is 5.74. The first-order valence-corrected chi connectivity index (χ1v) is 9.98. The number of carbonyl (C=O) groups excluding carboxylic acids is 2. The smallest absolute Gasteiger partial charge is 0.254 e. The van der Waals surface area contributed by atoms with Gasteiger partial charge in [0.2, 0.25) is 15.9 Å². The quantitative estimate of drug-likeness (QED) is 0.586. The molecule has 0 fully saturated rings. The highest BCUT2D eigenvalue weighted by atomic mass is 32.2. The second-order valence-electron chi connectivity index (χ2n) is 5.83. The molecule has 0 atom stereocenters. The Morgan fingerprint density at radius 1 is 1.07 bits per heavy atom. The Bertz CT molecular complexity index is 993. The average molecular weight is 399 g/mol. The predicted octanol–water partition coefficient (Wildman–Crippen LogP) is 1.53. The van der Waals surface area contributed by atoms with Crippen LogP contribution < -0.4 is 15.4 Å². The number of hydrogen-bond acceptors (Lipinski definition) is 4. The standard InChI is InChI=1S/C20H21N3O4S/c1-3-14-22-20(25)17-6-4-5-7-18(17)23-19(24)13-10-15-8-11-16(12-9-15)28(26,27)21-2/h1,4-9,11-12,21H,10,13-14H2,2H3,(H,22,25)(H,23,24). The molecule has 2 aromatic rings. The van der Waals surface area contributed by atoms with Crippen molar-refractivity contribution in [2.75, 3.05) is 18.9 Å². The molecule has 28 heavy (non-hydrogen) atoms. The van der Waals surface area contributed by atoms with E-state index in [4.69, 9.17) is 6.42 Å². The van der Waals surface area contributed by atoms with Gasteiger partial charge < -0.3 is 10.6 Å². The third-order valence-electron chi connectivity index (χ3n) is 3.94. The molecule has 3 N–H and O–H groups in total. The minimum atomic E-state index is -3.49. The van der Waals surface area contributed by atoms with Crippen molar-refractivity contribution in [2.24, 2.45) is 0 Å². The summed E-state index contributed by atoms with van der Waals surface area (Å²) >= 11 is 0. The first-order chi connectivity index (χ1) is 13.4. The predicted molar refractivity (Wildman–Crippen MR) is 107 cm³/mol. The molecule has 0 saturated carbocycles. The molecule has 0 heterocycles. The molecular formula is C20H21N3O4S. The summed E-state index contributed by atoms with van der Waals surface area (Å²) < 4.78 is 25.7. The van der Waals surface area contributed by atoms with Crippen LogP contribution in [-0.4, -0.2) is 33.8 Å². The summed E-state index contributed by atoms with van der Waals surface area (Å²) in [6, 6.07) is 13.0. The Hall–Kier alpha value is -3.15. The van der Waals surface area contributed by atoms with Gasteiger partial charge in [-0.3, -0.25) is 9.59 Å². The van der Waals surface area contributed by atoms with Crippen molar-refractivity contribution in [3.05, 3.63) is 59.7 Å². The number of benzene rings is 2. The van der Waals surface area contributed by atoms with Crippen molar-refractivity contribution >= 4 is 27.5 Å². The zero-order valence-electron chi connectivity index (χ0n) is 15.4. The molecule has 8 heteroatoms. The minimum absolute atomic E-state index is 0.0976. The van der Waals surface area contributed by atoms with Gasteiger partial charge in [0.15, 0.2) is 0 Å². The lowest BCUT2D eigenvalue weighted by molar-refractivity contribution is -0.116. The fourth-order valence-electron chi connectivity index (χ4n) is 2.44. The van der Waals surface area contributed by atoms with Gasteiger partial charge in [0, 0.05) is 6.42 Å². The highest BCUT2D eigenvalue weighted by Gasteiger charge is 2.13. The number of carbonyl (C=O) groups is 2. The number of nitrogens with one attached hydrogen (secondary N) is 3. The van der Waals surface area contributed by atoms with Crippen molar-refractivity contribution in [2.45, 2.75) is 17.7 Å². The molecule has 0 aliphatic rings. The van der Waals surface area contributed by atoms with Crippen molar-refractivity contribution in [1.29, 1.82) is 0 Å². The van der Waals surface area contributed by atoms with E-state index in [1.54, 1.807) is 36.4 Å². The van der Waals surface area contributed by atoms with E-state index in [2.05, 4.69) is 21.3 Å². The molecule has 0 bridgehead atoms. The van der Waals surface area contributed by atoms with Gasteiger partial charge in [-0.25, -0.2) is 13.1 Å². The van der Waals surface area contributed by atoms with Crippen molar-refractivity contribution in [3.8, 4) is 12.3 Å². The van der Waals surface area contributed by atoms with Crippen molar-refractivity contribution < 1.29 is 18.0 Å². The summed E-state index contributed by atoms with van der Waals surface area (Å²) in [7, 11) is -2.14. The molecular weight excluding hydrogens is 378 g/mol. The van der Waals surface area contributed by atoms with E-state index in [0.29, 0.717) is 17.7 Å². The monoisotopic (exact) mass is 399 g/mol. The molecule has 0 saturated heterocycles. The topological polar surface area (TPSA) is 104 Å². The fourth-order valence-corrected chi connectivity index (χ4v) is 3.17. The van der Waals surface area contributed by atoms with Gasteiger partial charge in [-0.05, 0) is 43.3 Å². The van der Waals surface area contributed by atoms with E-state index in [1.807, 2.05) is 0 Å². The summed E-state index contributed by atoms with van der Waals surface area (Å²) in [5.41, 5.74) is 1.55. The van der Waals surface area contributed by atoms with Crippen LogP contribution in [-0.2, 0) is 21.2 Å². The van der Waals surface area contributed by atoms with Crippen LogP contribution in [0, 0.1) is 12.3 Å². The van der Waals surface area contributed by atoms with Crippen molar-refractivity contribution in [3.63, 3.8) is 0 Å². The maximum atomic E-state index is 12.3. The van der Waals surface area contributed by atoms with E-state index >= 15 is 0 Å². The number of hydrogen-bond donors (Lipinski definition) is 3. The zero-order chi connectivity index (χ0) is 20.6. The van der Waals surface area contributed by atoms with Gasteiger partial charge in [0.05, 0.1) is 22.7 Å². The third kappa shape index (κ3) is 5.67. The highest BCUT2D eigenvalue weighted by Crippen LogP contribution is 2.16. The Balaban J connectivity index is 1.98. The van der Waals surface area contributed by atoms with Gasteiger partial charge in [-0.2, -0.15) is 0 Å². The molecule has 0 radical (unpaired) electrons. The van der Waals surface area contributed by atoms with Gasteiger partial charge in [-0.15, -0.1) is 6.42 Å². The molecule has 0 aliphatic carbocycles. The summed E-state index contributed by atoms with van der Waals surface area (Å²) in [6.45, 7) is 0.0976. The number of rotatable bonds is 8. The fraction of sp³-hybridized carbons (Fsp3) is 0.200. The normalized spacial score (nSPS) is 10.7. The lowest BCUT2D eigenvalue weighted by Crippen LogP contribution is -2.25. The van der Waals surface area contributed by atoms with Crippen LogP contribution in [0.15, 0.2) is 53.4 Å². The molecule has 146 valence electrons. The third-order valence-corrected chi connectivity index (χ3v) is 5.37. The number of amides is 2. The molecule has 0 aliphatic heterocycles. The van der Waals surface area contributed by atoms with E-state index in [9.17, 15) is 18.0 Å². The van der Waals surface area contributed by atoms with Gasteiger partial charge in [-0.1, -0.05) is 30.2 Å². The first kappa shape index (κ1) is 21.2. The number of aryl methyl sites for hydroxylation is 1. The summed E-state index contributed by atoms with van der Waals surface area (Å²) in [5, 5.41) is 5.29. The van der Waals surface area contributed by atoms with Crippen LogP contribution in [0.1, 0.15) is 22.3 Å². The van der Waals surface area contributed by atoms with Crippen LogP contribution in [0.25, 0.3) is 0 Å². The van der Waals surface area contributed by atoms with Crippen LogP contribution in [0.3, 0.4) is 0 Å². The molecule has 0 unspecified atom stereocenters. The van der Waals surface area contributed by atoms with E-state index in [-0.39, 0.29) is 29.7 Å². The lowest BCUT2D eigenvalue weighted by Gasteiger charge is -2.11. The van der Waals surface area contributed by atoms with Crippen LogP contribution in [0.5, 0.6) is 0 Å². The van der Waals surface area contributed by atoms with Crippen LogP contribution in [0.2, 0.25) is 0 Å². The largest absolute Gasteiger partial charge is 0.341 e. The SMILES string of the molecule is C#CCNC(=O)c1ccccc1NC(=O)CCc1ccc(S(=O)(=O)NC)cc1. The van der Waals surface area contributed by atoms with Gasteiger partial charge in [0.1, 0.15) is 0 Å². The Kier molecular flexibility index (Phi) is 7.32. The Morgan fingerprint density at radius 3 is 2.39 bits per heavy atom. The number of terminal acetylenes is 1. The Morgan fingerprint density at radius 2 is 1.75 bits per heavy atom. The minimum Gasteiger partial charge on any atom is -0.341 e. The Labute approximate surface area is 164 Å². The van der Waals surface area contributed by atoms with E-state index < -0.39 is 10.0 Å².